The van der Waals surface area contributed by atoms with Gasteiger partial charge in [-0.1, -0.05) is 29.8 Å². The summed E-state index contributed by atoms with van der Waals surface area (Å²) in [6.07, 6.45) is 1.92. The SMILES string of the molecule is CC(=O)NCCC1=c2ccccc2=NC1=Cc1c(O)n(-c2ccc(Cl)cc2)c(=O)[nH]c1=O. The first-order chi connectivity index (χ1) is 15.3. The zero-order chi connectivity index (χ0) is 22.8. The molecule has 9 heteroatoms. The van der Waals surface area contributed by atoms with Crippen molar-refractivity contribution in [3.05, 3.63) is 96.2 Å². The van der Waals surface area contributed by atoms with Crippen LogP contribution in [-0.2, 0) is 4.79 Å². The van der Waals surface area contributed by atoms with Crippen LogP contribution in [0.1, 0.15) is 18.9 Å². The van der Waals surface area contributed by atoms with E-state index in [1.807, 2.05) is 24.3 Å². The van der Waals surface area contributed by atoms with Crippen molar-refractivity contribution in [3.8, 4) is 11.6 Å². The number of para-hydroxylation sites is 1. The highest BCUT2D eigenvalue weighted by molar-refractivity contribution is 6.30. The molecule has 0 saturated heterocycles. The lowest BCUT2D eigenvalue weighted by atomic mass is 10.1. The van der Waals surface area contributed by atoms with Crippen LogP contribution in [0.25, 0.3) is 17.3 Å². The van der Waals surface area contributed by atoms with E-state index in [-0.39, 0.29) is 11.5 Å². The van der Waals surface area contributed by atoms with Crippen LogP contribution in [0.15, 0.2) is 68.8 Å². The van der Waals surface area contributed by atoms with Gasteiger partial charge in [0.05, 0.1) is 16.7 Å². The minimum Gasteiger partial charge on any atom is -0.494 e. The van der Waals surface area contributed by atoms with E-state index in [1.165, 1.54) is 13.0 Å². The molecule has 2 aromatic carbocycles. The zero-order valence-corrected chi connectivity index (χ0v) is 17.8. The number of fused-ring (bicyclic) bond motifs is 1. The van der Waals surface area contributed by atoms with Gasteiger partial charge in [0.15, 0.2) is 0 Å². The number of carbonyl (C=O) groups is 1. The molecule has 1 aromatic heterocycles. The molecule has 0 saturated carbocycles. The smallest absolute Gasteiger partial charge is 0.335 e. The Morgan fingerprint density at radius 1 is 1.19 bits per heavy atom. The topological polar surface area (TPSA) is 117 Å². The summed E-state index contributed by atoms with van der Waals surface area (Å²) in [4.78, 5) is 43.1. The summed E-state index contributed by atoms with van der Waals surface area (Å²) in [7, 11) is 0. The fourth-order valence-electron chi connectivity index (χ4n) is 3.54. The fourth-order valence-corrected chi connectivity index (χ4v) is 3.67. The minimum absolute atomic E-state index is 0.108. The highest BCUT2D eigenvalue weighted by Gasteiger charge is 2.18. The number of H-pyrrole nitrogens is 1. The first-order valence-corrected chi connectivity index (χ1v) is 10.2. The lowest BCUT2D eigenvalue weighted by Gasteiger charge is -2.11. The highest BCUT2D eigenvalue weighted by Crippen LogP contribution is 2.24. The van der Waals surface area contributed by atoms with Gasteiger partial charge in [-0.25, -0.2) is 14.4 Å². The summed E-state index contributed by atoms with van der Waals surface area (Å²) in [6.45, 7) is 1.82. The second-order valence-corrected chi connectivity index (χ2v) is 7.61. The first-order valence-electron chi connectivity index (χ1n) is 9.83. The predicted molar refractivity (Wildman–Crippen MR) is 121 cm³/mol. The third-order valence-electron chi connectivity index (χ3n) is 5.01. The van der Waals surface area contributed by atoms with Crippen LogP contribution in [0.5, 0.6) is 5.88 Å². The monoisotopic (exact) mass is 450 g/mol. The summed E-state index contributed by atoms with van der Waals surface area (Å²) in [6, 6.07) is 13.7. The summed E-state index contributed by atoms with van der Waals surface area (Å²) in [5, 5.41) is 15.7. The van der Waals surface area contributed by atoms with Crippen LogP contribution < -0.4 is 27.1 Å². The average molecular weight is 451 g/mol. The van der Waals surface area contributed by atoms with E-state index in [4.69, 9.17) is 11.6 Å². The second kappa shape index (κ2) is 8.68. The Labute approximate surface area is 186 Å². The fraction of sp³-hybridized carbons (Fsp3) is 0.130. The van der Waals surface area contributed by atoms with E-state index in [9.17, 15) is 19.5 Å². The molecule has 3 aromatic rings. The molecule has 0 bridgehead atoms. The van der Waals surface area contributed by atoms with Gasteiger partial charge in [-0.3, -0.25) is 14.6 Å². The Hall–Kier alpha value is -3.91. The van der Waals surface area contributed by atoms with Gasteiger partial charge >= 0.3 is 5.69 Å². The van der Waals surface area contributed by atoms with Crippen LogP contribution >= 0.6 is 11.6 Å². The van der Waals surface area contributed by atoms with Crippen LogP contribution in [-0.4, -0.2) is 27.1 Å². The number of aromatic hydroxyl groups is 1. The second-order valence-electron chi connectivity index (χ2n) is 7.18. The van der Waals surface area contributed by atoms with Crippen molar-refractivity contribution in [2.24, 2.45) is 4.99 Å². The maximum atomic E-state index is 12.6. The van der Waals surface area contributed by atoms with Gasteiger partial charge in [-0.2, -0.15) is 0 Å². The van der Waals surface area contributed by atoms with Gasteiger partial charge in [0.2, 0.25) is 11.8 Å². The number of allylic oxidation sites excluding steroid dienone is 1. The summed E-state index contributed by atoms with van der Waals surface area (Å²) >= 11 is 5.91. The molecule has 3 N–H and O–H groups in total. The molecule has 4 rings (SSSR count). The Balaban J connectivity index is 1.86. The molecule has 2 heterocycles. The molecule has 32 heavy (non-hydrogen) atoms. The third kappa shape index (κ3) is 4.13. The number of hydrogen-bond donors (Lipinski definition) is 3. The number of aromatic nitrogens is 2. The maximum Gasteiger partial charge on any atom is 0.335 e. The molecule has 8 nitrogen and oxygen atoms in total. The van der Waals surface area contributed by atoms with E-state index >= 15 is 0 Å². The Morgan fingerprint density at radius 3 is 2.62 bits per heavy atom. The molecule has 0 aliphatic carbocycles. The van der Waals surface area contributed by atoms with Crippen LogP contribution in [0.4, 0.5) is 0 Å². The summed E-state index contributed by atoms with van der Waals surface area (Å²) in [5.74, 6) is -0.663. The normalized spacial score (nSPS) is 13.7. The lowest BCUT2D eigenvalue weighted by Crippen LogP contribution is -2.30. The van der Waals surface area contributed by atoms with Gasteiger partial charge in [-0.05, 0) is 48.4 Å². The van der Waals surface area contributed by atoms with Crippen molar-refractivity contribution in [2.45, 2.75) is 13.3 Å². The molecule has 0 radical (unpaired) electrons. The van der Waals surface area contributed by atoms with Crippen LogP contribution in [0, 0.1) is 0 Å². The van der Waals surface area contributed by atoms with Crippen molar-refractivity contribution in [2.75, 3.05) is 6.54 Å². The lowest BCUT2D eigenvalue weighted by molar-refractivity contribution is -0.118. The quantitative estimate of drug-likeness (QED) is 0.542. The first kappa shape index (κ1) is 21.3. The van der Waals surface area contributed by atoms with E-state index in [1.54, 1.807) is 24.3 Å². The molecule has 0 fully saturated rings. The average Bonchev–Trinajstić information content (AvgIpc) is 3.09. The Bertz CT molecular complexity index is 1480. The van der Waals surface area contributed by atoms with Crippen molar-refractivity contribution in [1.82, 2.24) is 14.9 Å². The zero-order valence-electron chi connectivity index (χ0n) is 17.1. The standard InChI is InChI=1S/C23H19ClN4O4/c1-13(29)25-11-10-17-16-4-2-3-5-19(16)26-20(17)12-18-21(30)27-23(32)28(22(18)31)15-8-6-14(24)7-9-15/h2-9,12,31H,10-11H2,1H3,(H,25,29)(H,27,30,32). The number of halogens is 1. The Kier molecular flexibility index (Phi) is 5.79. The number of nitrogens with one attached hydrogen (secondary N) is 2. The minimum atomic E-state index is -0.779. The van der Waals surface area contributed by atoms with Gasteiger partial charge in [0.1, 0.15) is 5.56 Å². The van der Waals surface area contributed by atoms with Gasteiger partial charge in [0, 0.05) is 23.7 Å². The van der Waals surface area contributed by atoms with Crippen molar-refractivity contribution < 1.29 is 9.90 Å². The highest BCUT2D eigenvalue weighted by atomic mass is 35.5. The van der Waals surface area contributed by atoms with E-state index in [0.717, 1.165) is 20.7 Å². The van der Waals surface area contributed by atoms with Crippen LogP contribution in [0.3, 0.4) is 0 Å². The molecule has 1 aliphatic rings. The van der Waals surface area contributed by atoms with Crippen LogP contribution in [0.2, 0.25) is 5.02 Å². The number of carbonyl (C=O) groups excluding carboxylic acids is 1. The molecule has 1 amide bonds. The van der Waals surface area contributed by atoms with E-state index < -0.39 is 17.1 Å². The van der Waals surface area contributed by atoms with Crippen molar-refractivity contribution >= 4 is 29.2 Å². The molecular weight excluding hydrogens is 432 g/mol. The number of benzene rings is 2. The number of hydrogen-bond acceptors (Lipinski definition) is 5. The molecule has 1 aliphatic heterocycles. The molecule has 0 unspecified atom stereocenters. The Morgan fingerprint density at radius 2 is 1.91 bits per heavy atom. The van der Waals surface area contributed by atoms with E-state index in [2.05, 4.69) is 15.3 Å². The molecule has 0 spiro atoms. The number of amides is 1. The molecule has 0 atom stereocenters. The van der Waals surface area contributed by atoms with Gasteiger partial charge in [0.25, 0.3) is 5.56 Å². The van der Waals surface area contributed by atoms with Gasteiger partial charge in [-0.15, -0.1) is 0 Å². The third-order valence-corrected chi connectivity index (χ3v) is 5.27. The number of rotatable bonds is 5. The largest absolute Gasteiger partial charge is 0.494 e. The van der Waals surface area contributed by atoms with Crippen molar-refractivity contribution in [1.29, 1.82) is 0 Å². The summed E-state index contributed by atoms with van der Waals surface area (Å²) in [5.41, 5.74) is 0.00422. The van der Waals surface area contributed by atoms with Crippen molar-refractivity contribution in [3.63, 3.8) is 0 Å². The molecular formula is C23H19ClN4O4. The predicted octanol–water partition coefficient (Wildman–Crippen LogP) is 1.24. The van der Waals surface area contributed by atoms with Gasteiger partial charge < -0.3 is 10.4 Å². The van der Waals surface area contributed by atoms with E-state index in [0.29, 0.717) is 29.4 Å². The maximum absolute atomic E-state index is 12.6. The number of aromatic amines is 1. The summed E-state index contributed by atoms with van der Waals surface area (Å²) < 4.78 is 0.989. The molecule has 162 valence electrons. The number of nitrogens with zero attached hydrogens (tertiary/aromatic N) is 2.